The van der Waals surface area contributed by atoms with Crippen molar-refractivity contribution in [3.8, 4) is 0 Å². The van der Waals surface area contributed by atoms with Gasteiger partial charge in [0, 0.05) is 24.2 Å². The number of benzene rings is 1. The van der Waals surface area contributed by atoms with Crippen molar-refractivity contribution in [3.05, 3.63) is 34.1 Å². The van der Waals surface area contributed by atoms with Gasteiger partial charge >= 0.3 is 0 Å². The molecule has 1 rings (SSSR count). The molecule has 0 fully saturated rings. The smallest absolute Gasteiger partial charge is 0.124 e. The molecule has 0 spiro atoms. The average Bonchev–Trinajstić information content (AvgIpc) is 2.31. The van der Waals surface area contributed by atoms with E-state index in [-0.39, 0.29) is 5.82 Å². The Morgan fingerprint density at radius 2 is 2.17 bits per heavy atom. The first-order chi connectivity index (χ1) is 8.56. The number of halogens is 2. The van der Waals surface area contributed by atoms with Gasteiger partial charge in [-0.2, -0.15) is 0 Å². The molecule has 0 heterocycles. The van der Waals surface area contributed by atoms with Gasteiger partial charge in [-0.3, -0.25) is 0 Å². The van der Waals surface area contributed by atoms with Crippen LogP contribution in [0.25, 0.3) is 0 Å². The maximum Gasteiger partial charge on any atom is 0.124 e. The van der Waals surface area contributed by atoms with Crippen LogP contribution in [-0.2, 0) is 11.2 Å². The summed E-state index contributed by atoms with van der Waals surface area (Å²) in [4.78, 5) is 0. The quantitative estimate of drug-likeness (QED) is 0.832. The standard InChI is InChI=1S/C14H21BrFNO/c1-10(9-18-3)6-13(17-2)7-11-4-5-12(16)8-14(11)15/h4-5,8,10,13,17H,6-7,9H2,1-3H3. The molecule has 0 amide bonds. The first-order valence-corrected chi connectivity index (χ1v) is 6.96. The molecule has 0 aliphatic rings. The zero-order valence-electron chi connectivity index (χ0n) is 11.2. The molecule has 2 nitrogen and oxygen atoms in total. The van der Waals surface area contributed by atoms with E-state index in [4.69, 9.17) is 4.74 Å². The van der Waals surface area contributed by atoms with Crippen LogP contribution in [0, 0.1) is 11.7 Å². The maximum absolute atomic E-state index is 13.0. The lowest BCUT2D eigenvalue weighted by Crippen LogP contribution is -2.30. The van der Waals surface area contributed by atoms with Crippen molar-refractivity contribution < 1.29 is 9.13 Å². The highest BCUT2D eigenvalue weighted by atomic mass is 79.9. The molecule has 0 aromatic heterocycles. The van der Waals surface area contributed by atoms with E-state index in [1.54, 1.807) is 7.11 Å². The SMILES string of the molecule is CNC(Cc1ccc(F)cc1Br)CC(C)COC. The molecule has 102 valence electrons. The Morgan fingerprint density at radius 3 is 2.72 bits per heavy atom. The summed E-state index contributed by atoms with van der Waals surface area (Å²) in [5, 5.41) is 3.31. The van der Waals surface area contributed by atoms with E-state index >= 15 is 0 Å². The number of hydrogen-bond acceptors (Lipinski definition) is 2. The Balaban J connectivity index is 2.62. The minimum absolute atomic E-state index is 0.209. The van der Waals surface area contributed by atoms with E-state index in [0.717, 1.165) is 29.5 Å². The van der Waals surface area contributed by atoms with Crippen molar-refractivity contribution in [1.82, 2.24) is 5.32 Å². The van der Waals surface area contributed by atoms with Gasteiger partial charge in [0.15, 0.2) is 0 Å². The fourth-order valence-corrected chi connectivity index (χ4v) is 2.61. The van der Waals surface area contributed by atoms with Gasteiger partial charge in [0.2, 0.25) is 0 Å². The summed E-state index contributed by atoms with van der Waals surface area (Å²) >= 11 is 3.41. The minimum Gasteiger partial charge on any atom is -0.384 e. The van der Waals surface area contributed by atoms with E-state index in [1.165, 1.54) is 12.1 Å². The summed E-state index contributed by atoms with van der Waals surface area (Å²) in [5.41, 5.74) is 1.13. The third-order valence-corrected chi connectivity index (χ3v) is 3.77. The zero-order valence-corrected chi connectivity index (χ0v) is 12.8. The van der Waals surface area contributed by atoms with Gasteiger partial charge in [0.05, 0.1) is 0 Å². The van der Waals surface area contributed by atoms with E-state index in [0.29, 0.717) is 12.0 Å². The second-order valence-corrected chi connectivity index (χ2v) is 5.58. The molecule has 0 bridgehead atoms. The highest BCUT2D eigenvalue weighted by Crippen LogP contribution is 2.21. The molecule has 18 heavy (non-hydrogen) atoms. The van der Waals surface area contributed by atoms with Crippen LogP contribution in [-0.4, -0.2) is 26.8 Å². The summed E-state index contributed by atoms with van der Waals surface area (Å²) in [6.07, 6.45) is 1.92. The second kappa shape index (κ2) is 7.87. The van der Waals surface area contributed by atoms with E-state index in [2.05, 4.69) is 28.2 Å². The van der Waals surface area contributed by atoms with Crippen LogP contribution in [0.3, 0.4) is 0 Å². The molecule has 0 saturated carbocycles. The predicted octanol–water partition coefficient (Wildman–Crippen LogP) is 3.39. The molecule has 0 aliphatic carbocycles. The van der Waals surface area contributed by atoms with Gasteiger partial charge in [-0.1, -0.05) is 28.9 Å². The van der Waals surface area contributed by atoms with Crippen molar-refractivity contribution in [2.75, 3.05) is 20.8 Å². The summed E-state index contributed by atoms with van der Waals surface area (Å²) < 4.78 is 19.0. The molecule has 0 radical (unpaired) electrons. The van der Waals surface area contributed by atoms with Gasteiger partial charge in [-0.05, 0) is 43.5 Å². The van der Waals surface area contributed by atoms with Gasteiger partial charge in [0.25, 0.3) is 0 Å². The number of ether oxygens (including phenoxy) is 1. The number of likely N-dealkylation sites (N-methyl/N-ethyl adjacent to an activating group) is 1. The molecule has 1 aromatic rings. The monoisotopic (exact) mass is 317 g/mol. The van der Waals surface area contributed by atoms with Crippen LogP contribution in [0.15, 0.2) is 22.7 Å². The largest absolute Gasteiger partial charge is 0.384 e. The molecule has 2 unspecified atom stereocenters. The fourth-order valence-electron chi connectivity index (χ4n) is 2.09. The van der Waals surface area contributed by atoms with Gasteiger partial charge in [0.1, 0.15) is 5.82 Å². The van der Waals surface area contributed by atoms with E-state index in [1.807, 2.05) is 13.1 Å². The summed E-state index contributed by atoms with van der Waals surface area (Å²) in [5.74, 6) is 0.297. The summed E-state index contributed by atoms with van der Waals surface area (Å²) in [7, 11) is 3.68. The molecular weight excluding hydrogens is 297 g/mol. The topological polar surface area (TPSA) is 21.3 Å². The van der Waals surface area contributed by atoms with Gasteiger partial charge in [-0.15, -0.1) is 0 Å². The minimum atomic E-state index is -0.209. The van der Waals surface area contributed by atoms with Crippen LogP contribution in [0.1, 0.15) is 18.9 Å². The van der Waals surface area contributed by atoms with Crippen LogP contribution in [0.2, 0.25) is 0 Å². The maximum atomic E-state index is 13.0. The molecule has 2 atom stereocenters. The Kier molecular flexibility index (Phi) is 6.82. The first kappa shape index (κ1) is 15.6. The predicted molar refractivity (Wildman–Crippen MR) is 76.3 cm³/mol. The second-order valence-electron chi connectivity index (χ2n) is 4.72. The lowest BCUT2D eigenvalue weighted by Gasteiger charge is -2.20. The van der Waals surface area contributed by atoms with Crippen molar-refractivity contribution in [1.29, 1.82) is 0 Å². The molecular formula is C14H21BrFNO. The van der Waals surface area contributed by atoms with Crippen molar-refractivity contribution >= 4 is 15.9 Å². The Labute approximate surface area is 117 Å². The zero-order chi connectivity index (χ0) is 13.5. The third-order valence-electron chi connectivity index (χ3n) is 3.03. The number of hydrogen-bond donors (Lipinski definition) is 1. The summed E-state index contributed by atoms with van der Waals surface area (Å²) in [6, 6.07) is 5.23. The van der Waals surface area contributed by atoms with Crippen LogP contribution in [0.5, 0.6) is 0 Å². The summed E-state index contributed by atoms with van der Waals surface area (Å²) in [6.45, 7) is 2.94. The molecule has 0 saturated heterocycles. The van der Waals surface area contributed by atoms with Crippen molar-refractivity contribution in [2.24, 2.45) is 5.92 Å². The Morgan fingerprint density at radius 1 is 1.44 bits per heavy atom. The number of rotatable bonds is 7. The number of nitrogens with one attached hydrogen (secondary N) is 1. The normalized spacial score (nSPS) is 14.5. The van der Waals surface area contributed by atoms with Crippen molar-refractivity contribution in [2.45, 2.75) is 25.8 Å². The first-order valence-electron chi connectivity index (χ1n) is 6.17. The Bertz CT molecular complexity index is 373. The van der Waals surface area contributed by atoms with Gasteiger partial charge in [-0.25, -0.2) is 4.39 Å². The molecule has 0 aliphatic heterocycles. The van der Waals surface area contributed by atoms with E-state index < -0.39 is 0 Å². The molecule has 1 aromatic carbocycles. The highest BCUT2D eigenvalue weighted by Gasteiger charge is 2.14. The third kappa shape index (κ3) is 5.04. The van der Waals surface area contributed by atoms with Crippen molar-refractivity contribution in [3.63, 3.8) is 0 Å². The average molecular weight is 318 g/mol. The van der Waals surface area contributed by atoms with E-state index in [9.17, 15) is 4.39 Å². The number of methoxy groups -OCH3 is 1. The molecule has 1 N–H and O–H groups in total. The highest BCUT2D eigenvalue weighted by molar-refractivity contribution is 9.10. The fraction of sp³-hybridized carbons (Fsp3) is 0.571. The van der Waals surface area contributed by atoms with Crippen LogP contribution >= 0.6 is 15.9 Å². The van der Waals surface area contributed by atoms with Gasteiger partial charge < -0.3 is 10.1 Å². The molecule has 4 heteroatoms. The lowest BCUT2D eigenvalue weighted by atomic mass is 9.97. The van der Waals surface area contributed by atoms with Crippen LogP contribution in [0.4, 0.5) is 4.39 Å². The Hall–Kier alpha value is -0.450. The van der Waals surface area contributed by atoms with Crippen LogP contribution < -0.4 is 5.32 Å². The lowest BCUT2D eigenvalue weighted by molar-refractivity contribution is 0.150.